The molecule has 0 heterocycles. The SMILES string of the molecule is [CH2]C(CC)c1ccc(O)cc1. The Morgan fingerprint density at radius 1 is 1.36 bits per heavy atom. The topological polar surface area (TPSA) is 20.2 Å². The molecule has 59 valence electrons. The Hall–Kier alpha value is -0.980. The minimum Gasteiger partial charge on any atom is -0.508 e. The van der Waals surface area contributed by atoms with Gasteiger partial charge in [0.25, 0.3) is 0 Å². The molecule has 0 spiro atoms. The van der Waals surface area contributed by atoms with Crippen LogP contribution in [0.5, 0.6) is 5.75 Å². The predicted molar refractivity (Wildman–Crippen MR) is 46.5 cm³/mol. The van der Waals surface area contributed by atoms with Crippen molar-refractivity contribution in [2.45, 2.75) is 19.3 Å². The number of hydrogen-bond acceptors (Lipinski definition) is 1. The molecular formula is C10H13O. The highest BCUT2D eigenvalue weighted by Gasteiger charge is 2.00. The van der Waals surface area contributed by atoms with E-state index in [9.17, 15) is 0 Å². The summed E-state index contributed by atoms with van der Waals surface area (Å²) in [6.45, 7) is 6.08. The van der Waals surface area contributed by atoms with Gasteiger partial charge in [-0.2, -0.15) is 0 Å². The van der Waals surface area contributed by atoms with Crippen LogP contribution in [0.3, 0.4) is 0 Å². The first-order chi connectivity index (χ1) is 5.24. The molecule has 0 bridgehead atoms. The molecule has 1 radical (unpaired) electrons. The Morgan fingerprint density at radius 3 is 2.36 bits per heavy atom. The molecule has 0 aliphatic carbocycles. The van der Waals surface area contributed by atoms with E-state index in [0.29, 0.717) is 11.7 Å². The Kier molecular flexibility index (Phi) is 2.53. The molecule has 1 aromatic carbocycles. The second kappa shape index (κ2) is 3.42. The molecule has 1 aromatic rings. The van der Waals surface area contributed by atoms with Gasteiger partial charge in [-0.15, -0.1) is 0 Å². The molecule has 0 aliphatic rings. The average molecular weight is 149 g/mol. The Morgan fingerprint density at radius 2 is 1.91 bits per heavy atom. The van der Waals surface area contributed by atoms with Gasteiger partial charge < -0.3 is 5.11 Å². The van der Waals surface area contributed by atoms with Crippen molar-refractivity contribution in [3.8, 4) is 5.75 Å². The highest BCUT2D eigenvalue weighted by atomic mass is 16.3. The predicted octanol–water partition coefficient (Wildman–Crippen LogP) is 2.72. The molecule has 1 unspecified atom stereocenters. The first-order valence-electron chi connectivity index (χ1n) is 3.86. The van der Waals surface area contributed by atoms with Gasteiger partial charge >= 0.3 is 0 Å². The Balaban J connectivity index is 2.81. The molecule has 0 fully saturated rings. The van der Waals surface area contributed by atoms with Gasteiger partial charge in [0.2, 0.25) is 0 Å². The number of phenolic OH excluding ortho intramolecular Hbond substituents is 1. The van der Waals surface area contributed by atoms with Gasteiger partial charge in [-0.3, -0.25) is 0 Å². The highest BCUT2D eigenvalue weighted by Crippen LogP contribution is 2.19. The number of aromatic hydroxyl groups is 1. The molecule has 1 rings (SSSR count). The fourth-order valence-electron chi connectivity index (χ4n) is 0.982. The number of hydrogen-bond donors (Lipinski definition) is 1. The monoisotopic (exact) mass is 149 g/mol. The summed E-state index contributed by atoms with van der Waals surface area (Å²) in [6, 6.07) is 7.22. The second-order valence-corrected chi connectivity index (χ2v) is 2.70. The van der Waals surface area contributed by atoms with Crippen LogP contribution in [-0.4, -0.2) is 5.11 Å². The van der Waals surface area contributed by atoms with Crippen LogP contribution in [0.2, 0.25) is 0 Å². The van der Waals surface area contributed by atoms with Gasteiger partial charge in [-0.1, -0.05) is 19.1 Å². The summed E-state index contributed by atoms with van der Waals surface area (Å²) in [5, 5.41) is 8.99. The fraction of sp³-hybridized carbons (Fsp3) is 0.300. The lowest BCUT2D eigenvalue weighted by Crippen LogP contribution is -1.89. The van der Waals surface area contributed by atoms with E-state index in [0.717, 1.165) is 6.42 Å². The van der Waals surface area contributed by atoms with Gasteiger partial charge in [0, 0.05) is 0 Å². The van der Waals surface area contributed by atoms with Crippen molar-refractivity contribution < 1.29 is 5.11 Å². The minimum atomic E-state index is 0.317. The molecule has 11 heavy (non-hydrogen) atoms. The van der Waals surface area contributed by atoms with Crippen molar-refractivity contribution in [3.63, 3.8) is 0 Å². The zero-order chi connectivity index (χ0) is 8.27. The van der Waals surface area contributed by atoms with Crippen molar-refractivity contribution in [2.24, 2.45) is 0 Å². The van der Waals surface area contributed by atoms with Crippen LogP contribution in [0.15, 0.2) is 24.3 Å². The molecule has 0 saturated carbocycles. The summed E-state index contributed by atoms with van der Waals surface area (Å²) < 4.78 is 0. The van der Waals surface area contributed by atoms with Crippen molar-refractivity contribution in [1.82, 2.24) is 0 Å². The van der Waals surface area contributed by atoms with E-state index in [2.05, 4.69) is 13.8 Å². The third-order valence-corrected chi connectivity index (χ3v) is 1.86. The molecule has 0 aliphatic heterocycles. The molecule has 1 N–H and O–H groups in total. The maximum Gasteiger partial charge on any atom is 0.115 e. The smallest absolute Gasteiger partial charge is 0.115 e. The van der Waals surface area contributed by atoms with Crippen LogP contribution in [0.25, 0.3) is 0 Å². The van der Waals surface area contributed by atoms with Crippen LogP contribution in [0, 0.1) is 6.92 Å². The Labute approximate surface area is 67.7 Å². The third kappa shape index (κ3) is 1.97. The van der Waals surface area contributed by atoms with Crippen LogP contribution < -0.4 is 0 Å². The molecule has 0 aromatic heterocycles. The average Bonchev–Trinajstić information content (AvgIpc) is 2.05. The quantitative estimate of drug-likeness (QED) is 0.685. The lowest BCUT2D eigenvalue weighted by atomic mass is 9.99. The van der Waals surface area contributed by atoms with Gasteiger partial charge in [0.05, 0.1) is 0 Å². The van der Waals surface area contributed by atoms with Crippen LogP contribution in [0.1, 0.15) is 24.8 Å². The van der Waals surface area contributed by atoms with Crippen molar-refractivity contribution in [1.29, 1.82) is 0 Å². The largest absolute Gasteiger partial charge is 0.508 e. The number of benzene rings is 1. The first kappa shape index (κ1) is 8.12. The minimum absolute atomic E-state index is 0.317. The van der Waals surface area contributed by atoms with E-state index in [1.165, 1.54) is 5.56 Å². The zero-order valence-electron chi connectivity index (χ0n) is 6.75. The fourth-order valence-corrected chi connectivity index (χ4v) is 0.982. The van der Waals surface area contributed by atoms with Crippen molar-refractivity contribution in [2.75, 3.05) is 0 Å². The van der Waals surface area contributed by atoms with Gasteiger partial charge in [-0.05, 0) is 37.0 Å². The first-order valence-corrected chi connectivity index (χ1v) is 3.86. The summed E-state index contributed by atoms with van der Waals surface area (Å²) in [4.78, 5) is 0. The molecule has 0 saturated heterocycles. The van der Waals surface area contributed by atoms with Crippen molar-refractivity contribution in [3.05, 3.63) is 36.8 Å². The second-order valence-electron chi connectivity index (χ2n) is 2.70. The van der Waals surface area contributed by atoms with E-state index < -0.39 is 0 Å². The van der Waals surface area contributed by atoms with Crippen LogP contribution in [-0.2, 0) is 0 Å². The summed E-state index contributed by atoms with van der Waals surface area (Å²) in [6.07, 6.45) is 1.03. The van der Waals surface area contributed by atoms with Gasteiger partial charge in [-0.25, -0.2) is 0 Å². The van der Waals surface area contributed by atoms with Crippen molar-refractivity contribution >= 4 is 0 Å². The van der Waals surface area contributed by atoms with E-state index in [4.69, 9.17) is 5.11 Å². The molecule has 1 nitrogen and oxygen atoms in total. The number of phenols is 1. The van der Waals surface area contributed by atoms with E-state index in [1.54, 1.807) is 12.1 Å². The summed E-state index contributed by atoms with van der Waals surface area (Å²) >= 11 is 0. The van der Waals surface area contributed by atoms with Gasteiger partial charge in [0.1, 0.15) is 5.75 Å². The van der Waals surface area contributed by atoms with Crippen LogP contribution >= 0.6 is 0 Å². The molecule has 1 atom stereocenters. The zero-order valence-corrected chi connectivity index (χ0v) is 6.75. The summed E-state index contributed by atoms with van der Waals surface area (Å²) in [7, 11) is 0. The lowest BCUT2D eigenvalue weighted by Gasteiger charge is -2.07. The van der Waals surface area contributed by atoms with Crippen LogP contribution in [0.4, 0.5) is 0 Å². The third-order valence-electron chi connectivity index (χ3n) is 1.86. The number of rotatable bonds is 2. The molecule has 1 heteroatoms. The Bertz CT molecular complexity index is 213. The molecular weight excluding hydrogens is 136 g/mol. The van der Waals surface area contributed by atoms with E-state index in [1.807, 2.05) is 12.1 Å². The van der Waals surface area contributed by atoms with Gasteiger partial charge in [0.15, 0.2) is 0 Å². The molecule has 0 amide bonds. The summed E-state index contributed by atoms with van der Waals surface area (Å²) in [5.41, 5.74) is 1.19. The maximum absolute atomic E-state index is 8.99. The maximum atomic E-state index is 8.99. The van der Waals surface area contributed by atoms with E-state index in [-0.39, 0.29) is 0 Å². The van der Waals surface area contributed by atoms with E-state index >= 15 is 0 Å². The normalized spacial score (nSPS) is 12.9. The summed E-state index contributed by atoms with van der Waals surface area (Å²) in [5.74, 6) is 0.660. The highest BCUT2D eigenvalue weighted by molar-refractivity contribution is 5.28. The lowest BCUT2D eigenvalue weighted by molar-refractivity contribution is 0.475. The standard InChI is InChI=1S/C10H13O/c1-3-8(2)9-4-6-10(11)7-5-9/h4-8,11H,2-3H2,1H3.